The molecular formula is C21H31BrF2N6O2. The molecule has 0 fully saturated rings. The fraction of sp³-hybridized carbons (Fsp3) is 0.571. The van der Waals surface area contributed by atoms with Gasteiger partial charge in [0, 0.05) is 25.0 Å². The lowest BCUT2D eigenvalue weighted by molar-refractivity contribution is -0.145. The zero-order chi connectivity index (χ0) is 23.3. The number of oxime groups is 1. The van der Waals surface area contributed by atoms with E-state index in [9.17, 15) is 13.6 Å². The Labute approximate surface area is 195 Å². The molecule has 0 bridgehead atoms. The van der Waals surface area contributed by atoms with Gasteiger partial charge in [0.15, 0.2) is 0 Å². The van der Waals surface area contributed by atoms with Gasteiger partial charge in [0.1, 0.15) is 11.9 Å². The van der Waals surface area contributed by atoms with Crippen molar-refractivity contribution in [1.82, 2.24) is 9.88 Å². The van der Waals surface area contributed by atoms with Crippen molar-refractivity contribution in [1.29, 1.82) is 0 Å². The molecule has 1 aromatic heterocycles. The average Bonchev–Trinajstić information content (AvgIpc) is 2.79. The Bertz CT molecular complexity index is 794. The SMILES string of the molecule is N/C=C(Br)\C=N\OC(=O)C(N)CCN(CCCCc1ccc2c(n1)NCCC2)CC(F)F. The number of pyridine rings is 1. The molecule has 0 saturated carbocycles. The molecule has 1 aromatic rings. The van der Waals surface area contributed by atoms with Crippen LogP contribution in [0.1, 0.15) is 36.9 Å². The molecule has 0 aliphatic carbocycles. The Morgan fingerprint density at radius 3 is 2.94 bits per heavy atom. The van der Waals surface area contributed by atoms with E-state index in [0.717, 1.165) is 50.2 Å². The van der Waals surface area contributed by atoms with E-state index in [0.29, 0.717) is 11.0 Å². The summed E-state index contributed by atoms with van der Waals surface area (Å²) in [4.78, 5) is 22.8. The number of fused-ring (bicyclic) bond motifs is 1. The summed E-state index contributed by atoms with van der Waals surface area (Å²) in [7, 11) is 0. The number of nitrogens with two attached hydrogens (primary N) is 2. The first kappa shape index (κ1) is 26.1. The zero-order valence-corrected chi connectivity index (χ0v) is 19.6. The average molecular weight is 517 g/mol. The first-order valence-electron chi connectivity index (χ1n) is 10.7. The summed E-state index contributed by atoms with van der Waals surface area (Å²) < 4.78 is 26.3. The van der Waals surface area contributed by atoms with Gasteiger partial charge in [-0.2, -0.15) is 0 Å². The first-order chi connectivity index (χ1) is 15.4. The second-order valence-electron chi connectivity index (χ2n) is 7.58. The molecule has 0 spiro atoms. The molecule has 0 radical (unpaired) electrons. The van der Waals surface area contributed by atoms with Crippen LogP contribution >= 0.6 is 15.9 Å². The fourth-order valence-electron chi connectivity index (χ4n) is 3.32. The van der Waals surface area contributed by atoms with E-state index in [1.807, 2.05) is 6.07 Å². The van der Waals surface area contributed by atoms with Crippen LogP contribution in [0.5, 0.6) is 0 Å². The van der Waals surface area contributed by atoms with E-state index in [1.165, 1.54) is 18.0 Å². The molecule has 5 N–H and O–H groups in total. The van der Waals surface area contributed by atoms with Gasteiger partial charge in [-0.1, -0.05) is 11.2 Å². The van der Waals surface area contributed by atoms with Gasteiger partial charge in [0.2, 0.25) is 0 Å². The van der Waals surface area contributed by atoms with E-state index in [1.54, 1.807) is 4.90 Å². The summed E-state index contributed by atoms with van der Waals surface area (Å²) in [5, 5.41) is 6.78. The lowest BCUT2D eigenvalue weighted by atomic mass is 10.1. The lowest BCUT2D eigenvalue weighted by Crippen LogP contribution is -2.38. The quantitative estimate of drug-likeness (QED) is 0.159. The third kappa shape index (κ3) is 9.58. The van der Waals surface area contributed by atoms with Crippen molar-refractivity contribution < 1.29 is 18.4 Å². The van der Waals surface area contributed by atoms with Crippen LogP contribution in [0.2, 0.25) is 0 Å². The number of nitrogens with zero attached hydrogens (tertiary/aromatic N) is 3. The number of anilines is 1. The second-order valence-corrected chi connectivity index (χ2v) is 8.50. The predicted molar refractivity (Wildman–Crippen MR) is 125 cm³/mol. The summed E-state index contributed by atoms with van der Waals surface area (Å²) in [6.45, 7) is 1.32. The van der Waals surface area contributed by atoms with Crippen LogP contribution in [0.4, 0.5) is 14.6 Å². The Morgan fingerprint density at radius 2 is 2.19 bits per heavy atom. The van der Waals surface area contributed by atoms with Crippen molar-refractivity contribution in [2.75, 3.05) is 31.5 Å². The van der Waals surface area contributed by atoms with Crippen molar-refractivity contribution in [2.24, 2.45) is 16.6 Å². The van der Waals surface area contributed by atoms with Crippen LogP contribution in [-0.4, -0.2) is 60.7 Å². The third-order valence-electron chi connectivity index (χ3n) is 5.04. The Kier molecular flexibility index (Phi) is 11.5. The number of rotatable bonds is 13. The highest BCUT2D eigenvalue weighted by Crippen LogP contribution is 2.20. The maximum absolute atomic E-state index is 13.0. The highest BCUT2D eigenvalue weighted by molar-refractivity contribution is 9.12. The molecule has 1 aliphatic rings. The van der Waals surface area contributed by atoms with Crippen LogP contribution in [0, 0.1) is 0 Å². The number of hydrogen-bond donors (Lipinski definition) is 3. The van der Waals surface area contributed by atoms with Crippen LogP contribution in [0.15, 0.2) is 28.0 Å². The Balaban J connectivity index is 1.74. The molecule has 11 heteroatoms. The molecule has 32 heavy (non-hydrogen) atoms. The lowest BCUT2D eigenvalue weighted by Gasteiger charge is -2.23. The van der Waals surface area contributed by atoms with E-state index in [2.05, 4.69) is 42.3 Å². The minimum Gasteiger partial charge on any atom is -0.404 e. The number of hydrogen-bond acceptors (Lipinski definition) is 8. The highest BCUT2D eigenvalue weighted by atomic mass is 79.9. The van der Waals surface area contributed by atoms with E-state index < -0.39 is 18.4 Å². The van der Waals surface area contributed by atoms with Crippen LogP contribution in [-0.2, 0) is 22.5 Å². The van der Waals surface area contributed by atoms with Crippen molar-refractivity contribution in [3.05, 3.63) is 34.1 Å². The van der Waals surface area contributed by atoms with Crippen molar-refractivity contribution >= 4 is 33.9 Å². The number of nitrogens with one attached hydrogen (secondary N) is 1. The molecule has 178 valence electrons. The molecule has 1 atom stereocenters. The number of allylic oxidation sites excluding steroid dienone is 1. The van der Waals surface area contributed by atoms with Gasteiger partial charge < -0.3 is 21.6 Å². The minimum atomic E-state index is -2.46. The largest absolute Gasteiger partial charge is 0.404 e. The summed E-state index contributed by atoms with van der Waals surface area (Å²) in [5.74, 6) is 0.229. The standard InChI is InChI=1S/C21H31BrF2N6O2/c22-16(12-25)13-28-32-21(31)18(26)8-11-30(14-19(23)24)10-2-1-5-17-7-6-15-4-3-9-27-20(15)29-17/h6-7,12-13,18-19H,1-5,8-11,14,25-26H2,(H,27,29)/b16-12+,28-13+. The van der Waals surface area contributed by atoms with Crippen molar-refractivity contribution in [2.45, 2.75) is 51.0 Å². The molecule has 2 rings (SSSR count). The van der Waals surface area contributed by atoms with E-state index >= 15 is 0 Å². The third-order valence-corrected chi connectivity index (χ3v) is 5.51. The minimum absolute atomic E-state index is 0.188. The zero-order valence-electron chi connectivity index (χ0n) is 18.0. The van der Waals surface area contributed by atoms with Gasteiger partial charge in [-0.3, -0.25) is 4.90 Å². The number of aryl methyl sites for hydroxylation is 2. The topological polar surface area (TPSA) is 119 Å². The molecular weight excluding hydrogens is 486 g/mol. The van der Waals surface area contributed by atoms with Gasteiger partial charge in [0.25, 0.3) is 6.43 Å². The molecule has 2 heterocycles. The molecule has 1 aliphatic heterocycles. The van der Waals surface area contributed by atoms with E-state index in [4.69, 9.17) is 11.5 Å². The monoisotopic (exact) mass is 516 g/mol. The summed E-state index contributed by atoms with van der Waals surface area (Å²) >= 11 is 3.08. The highest BCUT2D eigenvalue weighted by Gasteiger charge is 2.19. The smallest absolute Gasteiger partial charge is 0.351 e. The number of carbonyl (C=O) groups is 1. The summed E-state index contributed by atoms with van der Waals surface area (Å²) in [5.41, 5.74) is 13.3. The number of unbranched alkanes of at least 4 members (excludes halogenated alkanes) is 1. The van der Waals surface area contributed by atoms with Gasteiger partial charge in [0.05, 0.1) is 17.2 Å². The number of carbonyl (C=O) groups excluding carboxylic acids is 1. The maximum Gasteiger partial charge on any atom is 0.351 e. The van der Waals surface area contributed by atoms with Gasteiger partial charge in [-0.25, -0.2) is 18.6 Å². The summed E-state index contributed by atoms with van der Waals surface area (Å²) in [6.07, 6.45) is 4.69. The summed E-state index contributed by atoms with van der Waals surface area (Å²) in [6, 6.07) is 3.19. The van der Waals surface area contributed by atoms with Gasteiger partial charge in [-0.15, -0.1) is 0 Å². The first-order valence-corrected chi connectivity index (χ1v) is 11.5. The number of aromatic nitrogens is 1. The molecule has 8 nitrogen and oxygen atoms in total. The molecule has 0 aromatic carbocycles. The van der Waals surface area contributed by atoms with Crippen LogP contribution < -0.4 is 16.8 Å². The van der Waals surface area contributed by atoms with Crippen LogP contribution in [0.3, 0.4) is 0 Å². The normalized spacial score (nSPS) is 15.1. The number of alkyl halides is 2. The fourth-order valence-corrected chi connectivity index (χ4v) is 3.40. The van der Waals surface area contributed by atoms with E-state index in [-0.39, 0.29) is 19.5 Å². The molecule has 0 saturated heterocycles. The Morgan fingerprint density at radius 1 is 1.38 bits per heavy atom. The second kappa shape index (κ2) is 14.1. The number of halogens is 3. The van der Waals surface area contributed by atoms with Crippen molar-refractivity contribution in [3.63, 3.8) is 0 Å². The molecule has 1 unspecified atom stereocenters. The maximum atomic E-state index is 13.0. The molecule has 0 amide bonds. The predicted octanol–water partition coefficient (Wildman–Crippen LogP) is 2.77. The van der Waals surface area contributed by atoms with Gasteiger partial charge in [-0.05, 0) is 72.6 Å². The van der Waals surface area contributed by atoms with Crippen molar-refractivity contribution in [3.8, 4) is 0 Å². The van der Waals surface area contributed by atoms with Gasteiger partial charge >= 0.3 is 5.97 Å². The Hall–Kier alpha value is -2.11. The van der Waals surface area contributed by atoms with Crippen LogP contribution in [0.25, 0.3) is 0 Å².